The molecule has 1 saturated heterocycles. The maximum Gasteiger partial charge on any atom is 0.496 e. The van der Waals surface area contributed by atoms with E-state index in [1.807, 2.05) is 58.0 Å². The van der Waals surface area contributed by atoms with E-state index in [1.165, 1.54) is 0 Å². The zero-order valence-corrected chi connectivity index (χ0v) is 15.1. The lowest BCUT2D eigenvalue weighted by Gasteiger charge is -2.32. The van der Waals surface area contributed by atoms with E-state index in [1.54, 1.807) is 12.3 Å². The second kappa shape index (κ2) is 6.39. The summed E-state index contributed by atoms with van der Waals surface area (Å²) in [5.41, 5.74) is 0.940. The van der Waals surface area contributed by atoms with Crippen LogP contribution in [0.25, 0.3) is 0 Å². The van der Waals surface area contributed by atoms with Crippen LogP contribution in [-0.2, 0) is 15.9 Å². The van der Waals surface area contributed by atoms with Crippen molar-refractivity contribution < 1.29 is 14.0 Å². The zero-order valence-electron chi connectivity index (χ0n) is 14.4. The normalized spacial score (nSPS) is 18.6. The first-order valence-electron chi connectivity index (χ1n) is 7.97. The molecule has 4 nitrogen and oxygen atoms in total. The number of nitrogens with zero attached hydrogens (tertiary/aromatic N) is 1. The number of benzene rings is 1. The molecule has 1 fully saturated rings. The molecule has 0 spiro atoms. The number of pyridine rings is 1. The van der Waals surface area contributed by atoms with Gasteiger partial charge in [-0.25, -0.2) is 4.98 Å². The average molecular weight is 346 g/mol. The fourth-order valence-corrected chi connectivity index (χ4v) is 2.67. The highest BCUT2D eigenvalue weighted by Crippen LogP contribution is 2.37. The van der Waals surface area contributed by atoms with Crippen LogP contribution in [0.2, 0.25) is 5.02 Å². The first-order valence-corrected chi connectivity index (χ1v) is 8.35. The van der Waals surface area contributed by atoms with Gasteiger partial charge in [-0.15, -0.1) is 0 Å². The standard InChI is InChI=1S/C18H21BClNO3/c1-17(2)18(3,4)24-19(23-17)14-10-11-21-16(15(14)20)22-12-13-8-6-5-7-9-13/h5-11H,12H2,1-4H3. The smallest absolute Gasteiger partial charge is 0.472 e. The van der Waals surface area contributed by atoms with Gasteiger partial charge < -0.3 is 14.0 Å². The molecule has 0 N–H and O–H groups in total. The molecule has 0 radical (unpaired) electrons. The summed E-state index contributed by atoms with van der Waals surface area (Å²) in [4.78, 5) is 4.23. The molecule has 0 amide bonds. The molecule has 0 bridgehead atoms. The van der Waals surface area contributed by atoms with Gasteiger partial charge >= 0.3 is 7.12 Å². The Bertz CT molecular complexity index is 705. The number of aromatic nitrogens is 1. The number of halogens is 1. The molecule has 1 aliphatic heterocycles. The molecule has 6 heteroatoms. The summed E-state index contributed by atoms with van der Waals surface area (Å²) in [5, 5.41) is 0.423. The number of ether oxygens (including phenoxy) is 1. The number of rotatable bonds is 4. The molecule has 0 aliphatic carbocycles. The number of hydrogen-bond donors (Lipinski definition) is 0. The Labute approximate surface area is 148 Å². The molecule has 2 heterocycles. The second-order valence-electron chi connectivity index (χ2n) is 6.88. The fourth-order valence-electron chi connectivity index (χ4n) is 2.42. The van der Waals surface area contributed by atoms with Gasteiger partial charge in [0, 0.05) is 11.7 Å². The van der Waals surface area contributed by atoms with Crippen molar-refractivity contribution in [1.82, 2.24) is 4.98 Å². The minimum absolute atomic E-state index is 0.382. The van der Waals surface area contributed by atoms with Crippen molar-refractivity contribution in [2.24, 2.45) is 0 Å². The van der Waals surface area contributed by atoms with E-state index >= 15 is 0 Å². The van der Waals surface area contributed by atoms with Crippen LogP contribution in [0, 0.1) is 0 Å². The van der Waals surface area contributed by atoms with E-state index < -0.39 is 18.3 Å². The first kappa shape index (κ1) is 17.3. The van der Waals surface area contributed by atoms with Gasteiger partial charge in [0.05, 0.1) is 11.2 Å². The molecule has 126 valence electrons. The van der Waals surface area contributed by atoms with E-state index in [9.17, 15) is 0 Å². The summed E-state index contributed by atoms with van der Waals surface area (Å²) in [7, 11) is -0.537. The summed E-state index contributed by atoms with van der Waals surface area (Å²) in [5.74, 6) is 0.382. The third-order valence-corrected chi connectivity index (χ3v) is 4.99. The highest BCUT2D eigenvalue weighted by molar-refractivity contribution is 6.65. The largest absolute Gasteiger partial charge is 0.496 e. The molecule has 24 heavy (non-hydrogen) atoms. The quantitative estimate of drug-likeness (QED) is 0.794. The van der Waals surface area contributed by atoms with E-state index in [-0.39, 0.29) is 0 Å². The lowest BCUT2D eigenvalue weighted by atomic mass is 9.79. The Morgan fingerprint density at radius 2 is 1.67 bits per heavy atom. The Morgan fingerprint density at radius 1 is 1.04 bits per heavy atom. The van der Waals surface area contributed by atoms with Gasteiger partial charge in [0.2, 0.25) is 5.88 Å². The van der Waals surface area contributed by atoms with Crippen LogP contribution >= 0.6 is 11.6 Å². The molecule has 2 aromatic rings. The summed E-state index contributed by atoms with van der Waals surface area (Å²) < 4.78 is 17.9. The molecular formula is C18H21BClNO3. The maximum atomic E-state index is 6.49. The van der Waals surface area contributed by atoms with Crippen LogP contribution in [0.3, 0.4) is 0 Å². The van der Waals surface area contributed by atoms with Crippen LogP contribution < -0.4 is 10.2 Å². The molecule has 1 aromatic heterocycles. The monoisotopic (exact) mass is 345 g/mol. The third kappa shape index (κ3) is 3.29. The van der Waals surface area contributed by atoms with Crippen LogP contribution in [0.4, 0.5) is 0 Å². The lowest BCUT2D eigenvalue weighted by Crippen LogP contribution is -2.41. The summed E-state index contributed by atoms with van der Waals surface area (Å²) in [6.45, 7) is 8.44. The van der Waals surface area contributed by atoms with Crippen molar-refractivity contribution >= 4 is 24.2 Å². The molecule has 1 aromatic carbocycles. The van der Waals surface area contributed by atoms with Gasteiger partial charge in [0.1, 0.15) is 11.6 Å². The maximum absolute atomic E-state index is 6.49. The van der Waals surface area contributed by atoms with Gasteiger partial charge in [0.25, 0.3) is 0 Å². The van der Waals surface area contributed by atoms with Gasteiger partial charge in [0.15, 0.2) is 0 Å². The van der Waals surface area contributed by atoms with E-state index in [4.69, 9.17) is 25.6 Å². The van der Waals surface area contributed by atoms with Crippen molar-refractivity contribution in [3.63, 3.8) is 0 Å². The van der Waals surface area contributed by atoms with Crippen LogP contribution in [-0.4, -0.2) is 23.3 Å². The predicted molar refractivity (Wildman–Crippen MR) is 95.7 cm³/mol. The van der Waals surface area contributed by atoms with Gasteiger partial charge in [-0.05, 0) is 39.3 Å². The van der Waals surface area contributed by atoms with Crippen LogP contribution in [0.15, 0.2) is 42.6 Å². The Hall–Kier alpha value is -1.56. The SMILES string of the molecule is CC1(C)OB(c2ccnc(OCc3ccccc3)c2Cl)OC1(C)C. The second-order valence-corrected chi connectivity index (χ2v) is 7.26. The minimum Gasteiger partial charge on any atom is -0.472 e. The molecule has 3 rings (SSSR count). The Balaban J connectivity index is 1.79. The number of hydrogen-bond acceptors (Lipinski definition) is 4. The molecule has 0 atom stereocenters. The van der Waals surface area contributed by atoms with Crippen molar-refractivity contribution in [1.29, 1.82) is 0 Å². The molecule has 1 aliphatic rings. The van der Waals surface area contributed by atoms with Gasteiger partial charge in [-0.1, -0.05) is 41.9 Å². The summed E-state index contributed by atoms with van der Waals surface area (Å²) in [6.07, 6.45) is 1.66. The Kier molecular flexibility index (Phi) is 4.60. The lowest BCUT2D eigenvalue weighted by molar-refractivity contribution is 0.00578. The van der Waals surface area contributed by atoms with E-state index in [2.05, 4.69) is 4.98 Å². The zero-order chi connectivity index (χ0) is 17.4. The van der Waals surface area contributed by atoms with Crippen LogP contribution in [0.1, 0.15) is 33.3 Å². The van der Waals surface area contributed by atoms with Gasteiger partial charge in [-0.3, -0.25) is 0 Å². The highest BCUT2D eigenvalue weighted by Gasteiger charge is 2.52. The first-order chi connectivity index (χ1) is 11.3. The molecule has 0 saturated carbocycles. The summed E-state index contributed by atoms with van der Waals surface area (Å²) >= 11 is 6.49. The van der Waals surface area contributed by atoms with E-state index in [0.717, 1.165) is 11.0 Å². The van der Waals surface area contributed by atoms with Crippen molar-refractivity contribution in [2.75, 3.05) is 0 Å². The third-order valence-electron chi connectivity index (χ3n) is 4.61. The topological polar surface area (TPSA) is 40.6 Å². The molecular weight excluding hydrogens is 324 g/mol. The van der Waals surface area contributed by atoms with Gasteiger partial charge in [-0.2, -0.15) is 0 Å². The van der Waals surface area contributed by atoms with Crippen molar-refractivity contribution in [3.05, 3.63) is 53.2 Å². The average Bonchev–Trinajstić information content (AvgIpc) is 2.75. The Morgan fingerprint density at radius 3 is 2.29 bits per heavy atom. The van der Waals surface area contributed by atoms with Crippen molar-refractivity contribution in [2.45, 2.75) is 45.5 Å². The van der Waals surface area contributed by atoms with Crippen LogP contribution in [0.5, 0.6) is 5.88 Å². The molecule has 0 unspecified atom stereocenters. The fraction of sp³-hybridized carbons (Fsp3) is 0.389. The minimum atomic E-state index is -0.537. The van der Waals surface area contributed by atoms with Crippen molar-refractivity contribution in [3.8, 4) is 5.88 Å². The van der Waals surface area contributed by atoms with E-state index in [0.29, 0.717) is 17.5 Å². The highest BCUT2D eigenvalue weighted by atomic mass is 35.5. The predicted octanol–water partition coefficient (Wildman–Crippen LogP) is 3.61. The summed E-state index contributed by atoms with van der Waals surface area (Å²) in [6, 6.07) is 11.7.